The molecule has 19 heavy (non-hydrogen) atoms. The molecule has 1 N–H and O–H groups in total. The number of rotatable bonds is 1. The Hall–Kier alpha value is -1.62. The van der Waals surface area contributed by atoms with Crippen LogP contribution in [0.5, 0.6) is 0 Å². The first kappa shape index (κ1) is 13.8. The normalized spacial score (nSPS) is 11.4. The van der Waals surface area contributed by atoms with Crippen molar-refractivity contribution in [3.63, 3.8) is 0 Å². The number of amides is 1. The van der Waals surface area contributed by atoms with E-state index in [-0.39, 0.29) is 0 Å². The molecule has 0 aliphatic rings. The second-order valence-corrected chi connectivity index (χ2v) is 6.01. The number of fused-ring (bicyclic) bond motifs is 1. The van der Waals surface area contributed by atoms with Crippen molar-refractivity contribution >= 4 is 38.6 Å². The molecule has 0 aliphatic carbocycles. The molecule has 1 aromatic heterocycles. The summed E-state index contributed by atoms with van der Waals surface area (Å²) in [5.41, 5.74) is 0.936. The molecule has 0 saturated heterocycles. The number of nitrogens with zero attached hydrogens (tertiary/aromatic N) is 1. The average Bonchev–Trinajstić information content (AvgIpc) is 2.26. The van der Waals surface area contributed by atoms with Crippen LogP contribution in [-0.2, 0) is 4.74 Å². The van der Waals surface area contributed by atoms with E-state index in [0.717, 1.165) is 15.4 Å². The van der Waals surface area contributed by atoms with E-state index in [4.69, 9.17) is 4.74 Å². The lowest BCUT2D eigenvalue weighted by Gasteiger charge is -2.19. The van der Waals surface area contributed by atoms with Gasteiger partial charge in [-0.2, -0.15) is 0 Å². The fourth-order valence-electron chi connectivity index (χ4n) is 1.63. The van der Waals surface area contributed by atoms with Crippen LogP contribution in [0.3, 0.4) is 0 Å². The van der Waals surface area contributed by atoms with E-state index >= 15 is 0 Å². The summed E-state index contributed by atoms with van der Waals surface area (Å²) in [5.74, 6) is 0. The van der Waals surface area contributed by atoms with Crippen LogP contribution in [0.1, 0.15) is 20.8 Å². The summed E-state index contributed by atoms with van der Waals surface area (Å²) in [5, 5.41) is 3.70. The molecule has 100 valence electrons. The number of halogens is 1. The molecule has 1 heterocycles. The Morgan fingerprint density at radius 1 is 1.37 bits per heavy atom. The number of pyridine rings is 1. The van der Waals surface area contributed by atoms with Gasteiger partial charge in [0.1, 0.15) is 5.60 Å². The zero-order valence-electron chi connectivity index (χ0n) is 11.0. The molecule has 0 radical (unpaired) electrons. The van der Waals surface area contributed by atoms with Gasteiger partial charge in [0.15, 0.2) is 0 Å². The highest BCUT2D eigenvalue weighted by atomic mass is 79.9. The predicted octanol–water partition coefficient (Wildman–Crippen LogP) is 4.34. The predicted molar refractivity (Wildman–Crippen MR) is 79.3 cm³/mol. The zero-order chi connectivity index (χ0) is 14.0. The van der Waals surface area contributed by atoms with Crippen molar-refractivity contribution in [1.82, 2.24) is 4.98 Å². The SMILES string of the molecule is CC(C)(C)OC(=O)Nc1cc(Br)c2cccnc2c1. The molecular formula is C14H15BrN2O2. The number of anilines is 1. The quantitative estimate of drug-likeness (QED) is 0.849. The standard InChI is InChI=1S/C14H15BrN2O2/c1-14(2,3)19-13(18)17-9-7-11(15)10-5-4-6-16-12(10)8-9/h4-8H,1-3H3,(H,17,18). The summed E-state index contributed by atoms with van der Waals surface area (Å²) in [6.45, 7) is 5.47. The number of nitrogens with one attached hydrogen (secondary N) is 1. The maximum atomic E-state index is 11.7. The average molecular weight is 323 g/mol. The first-order valence-corrected chi connectivity index (χ1v) is 6.69. The van der Waals surface area contributed by atoms with Crippen molar-refractivity contribution in [2.75, 3.05) is 5.32 Å². The van der Waals surface area contributed by atoms with Gasteiger partial charge in [0, 0.05) is 21.7 Å². The number of benzene rings is 1. The summed E-state index contributed by atoms with van der Waals surface area (Å²) < 4.78 is 6.09. The number of hydrogen-bond donors (Lipinski definition) is 1. The maximum Gasteiger partial charge on any atom is 0.412 e. The Morgan fingerprint density at radius 3 is 2.79 bits per heavy atom. The van der Waals surface area contributed by atoms with Crippen molar-refractivity contribution in [2.45, 2.75) is 26.4 Å². The number of carbonyl (C=O) groups is 1. The van der Waals surface area contributed by atoms with Gasteiger partial charge in [0.2, 0.25) is 0 Å². The molecule has 0 fully saturated rings. The van der Waals surface area contributed by atoms with Crippen LogP contribution >= 0.6 is 15.9 Å². The van der Waals surface area contributed by atoms with Gasteiger partial charge in [0.05, 0.1) is 5.52 Å². The van der Waals surface area contributed by atoms with E-state index in [1.54, 1.807) is 6.20 Å². The Balaban J connectivity index is 2.24. The molecule has 0 spiro atoms. The van der Waals surface area contributed by atoms with E-state index in [0.29, 0.717) is 5.69 Å². The highest BCUT2D eigenvalue weighted by Gasteiger charge is 2.16. The van der Waals surface area contributed by atoms with Crippen molar-refractivity contribution in [3.05, 3.63) is 34.9 Å². The van der Waals surface area contributed by atoms with Gasteiger partial charge >= 0.3 is 6.09 Å². The molecular weight excluding hydrogens is 308 g/mol. The molecule has 0 saturated carbocycles. The van der Waals surface area contributed by atoms with Gasteiger partial charge in [-0.3, -0.25) is 10.3 Å². The van der Waals surface area contributed by atoms with Gasteiger partial charge in [-0.1, -0.05) is 22.0 Å². The Morgan fingerprint density at radius 2 is 2.11 bits per heavy atom. The van der Waals surface area contributed by atoms with Gasteiger partial charge in [-0.15, -0.1) is 0 Å². The third-order valence-corrected chi connectivity index (χ3v) is 2.97. The van der Waals surface area contributed by atoms with Gasteiger partial charge in [-0.05, 0) is 39.0 Å². The van der Waals surface area contributed by atoms with Gasteiger partial charge < -0.3 is 4.74 Å². The molecule has 0 aliphatic heterocycles. The Kier molecular flexibility index (Phi) is 3.75. The highest BCUT2D eigenvalue weighted by Crippen LogP contribution is 2.27. The van der Waals surface area contributed by atoms with Crippen LogP contribution in [0.15, 0.2) is 34.9 Å². The van der Waals surface area contributed by atoms with Gasteiger partial charge in [-0.25, -0.2) is 4.79 Å². The molecule has 0 bridgehead atoms. The fraction of sp³-hybridized carbons (Fsp3) is 0.286. The Labute approximate surface area is 120 Å². The van der Waals surface area contributed by atoms with Gasteiger partial charge in [0.25, 0.3) is 0 Å². The first-order chi connectivity index (χ1) is 8.85. The minimum absolute atomic E-state index is 0.477. The third kappa shape index (κ3) is 3.67. The fourth-order valence-corrected chi connectivity index (χ4v) is 2.21. The maximum absolute atomic E-state index is 11.7. The lowest BCUT2D eigenvalue weighted by Crippen LogP contribution is -2.27. The summed E-state index contributed by atoms with van der Waals surface area (Å²) in [6, 6.07) is 7.47. The van der Waals surface area contributed by atoms with E-state index in [1.807, 2.05) is 45.0 Å². The molecule has 4 nitrogen and oxygen atoms in total. The minimum Gasteiger partial charge on any atom is -0.444 e. The van der Waals surface area contributed by atoms with Crippen LogP contribution in [0, 0.1) is 0 Å². The first-order valence-electron chi connectivity index (χ1n) is 5.89. The molecule has 0 atom stereocenters. The second kappa shape index (κ2) is 5.17. The second-order valence-electron chi connectivity index (χ2n) is 5.16. The monoisotopic (exact) mass is 322 g/mol. The largest absolute Gasteiger partial charge is 0.444 e. The van der Waals surface area contributed by atoms with Crippen LogP contribution in [0.25, 0.3) is 10.9 Å². The lowest BCUT2D eigenvalue weighted by molar-refractivity contribution is 0.0636. The number of aromatic nitrogens is 1. The van der Waals surface area contributed by atoms with E-state index in [2.05, 4.69) is 26.2 Å². The van der Waals surface area contributed by atoms with E-state index in [1.165, 1.54) is 0 Å². The van der Waals surface area contributed by atoms with E-state index in [9.17, 15) is 4.79 Å². The molecule has 1 aromatic carbocycles. The highest BCUT2D eigenvalue weighted by molar-refractivity contribution is 9.10. The summed E-state index contributed by atoms with van der Waals surface area (Å²) in [7, 11) is 0. The van der Waals surface area contributed by atoms with Crippen molar-refractivity contribution < 1.29 is 9.53 Å². The van der Waals surface area contributed by atoms with Crippen LogP contribution in [0.2, 0.25) is 0 Å². The number of ether oxygens (including phenoxy) is 1. The molecule has 2 rings (SSSR count). The molecule has 5 heteroatoms. The summed E-state index contributed by atoms with van der Waals surface area (Å²) in [4.78, 5) is 16.0. The summed E-state index contributed by atoms with van der Waals surface area (Å²) in [6.07, 6.45) is 1.24. The third-order valence-electron chi connectivity index (χ3n) is 2.32. The zero-order valence-corrected chi connectivity index (χ0v) is 12.6. The van der Waals surface area contributed by atoms with Crippen LogP contribution in [0.4, 0.5) is 10.5 Å². The molecule has 1 amide bonds. The van der Waals surface area contributed by atoms with Crippen molar-refractivity contribution in [3.8, 4) is 0 Å². The lowest BCUT2D eigenvalue weighted by atomic mass is 10.2. The Bertz CT molecular complexity index is 620. The van der Waals surface area contributed by atoms with Crippen molar-refractivity contribution in [1.29, 1.82) is 0 Å². The van der Waals surface area contributed by atoms with E-state index < -0.39 is 11.7 Å². The van der Waals surface area contributed by atoms with Crippen molar-refractivity contribution in [2.24, 2.45) is 0 Å². The topological polar surface area (TPSA) is 51.2 Å². The van der Waals surface area contributed by atoms with Crippen LogP contribution < -0.4 is 5.32 Å². The smallest absolute Gasteiger partial charge is 0.412 e. The van der Waals surface area contributed by atoms with Crippen LogP contribution in [-0.4, -0.2) is 16.7 Å². The number of carbonyl (C=O) groups excluding carboxylic acids is 1. The minimum atomic E-state index is -0.517. The molecule has 0 unspecified atom stereocenters. The molecule has 2 aromatic rings. The number of hydrogen-bond acceptors (Lipinski definition) is 3. The summed E-state index contributed by atoms with van der Waals surface area (Å²) >= 11 is 3.47.